The fourth-order valence-electron chi connectivity index (χ4n) is 1.61. The molecule has 0 saturated carbocycles. The number of ketones is 1. The van der Waals surface area contributed by atoms with Crippen molar-refractivity contribution < 1.29 is 14.7 Å². The maximum absolute atomic E-state index is 11.3. The molecule has 1 N–H and O–H groups in total. The fraction of sp³-hybridized carbons (Fsp3) is 0.0909. The minimum Gasteiger partial charge on any atom is -0.478 e. The van der Waals surface area contributed by atoms with Gasteiger partial charge in [0.15, 0.2) is 5.78 Å². The van der Waals surface area contributed by atoms with Crippen LogP contribution in [0.4, 0.5) is 0 Å². The molecule has 70 valence electrons. The van der Waals surface area contributed by atoms with Crippen molar-refractivity contribution in [1.29, 1.82) is 0 Å². The quantitative estimate of drug-likeness (QED) is 0.632. The molecular formula is C11H8O3. The molecule has 0 atom stereocenters. The van der Waals surface area contributed by atoms with Crippen molar-refractivity contribution >= 4 is 11.8 Å². The van der Waals surface area contributed by atoms with Gasteiger partial charge in [-0.2, -0.15) is 0 Å². The molecule has 3 heteroatoms. The smallest absolute Gasteiger partial charge is 0.340 e. The molecule has 14 heavy (non-hydrogen) atoms. The van der Waals surface area contributed by atoms with Crippen LogP contribution in [0.15, 0.2) is 47.1 Å². The number of aliphatic carboxylic acids is 1. The van der Waals surface area contributed by atoms with E-state index < -0.39 is 11.8 Å². The molecular weight excluding hydrogens is 180 g/mol. The summed E-state index contributed by atoms with van der Waals surface area (Å²) in [6.07, 6.45) is 8.99. The van der Waals surface area contributed by atoms with E-state index in [1.54, 1.807) is 6.08 Å². The molecule has 3 nitrogen and oxygen atoms in total. The molecule has 2 aliphatic carbocycles. The lowest BCUT2D eigenvalue weighted by Crippen LogP contribution is -2.17. The van der Waals surface area contributed by atoms with Crippen molar-refractivity contribution in [2.24, 2.45) is 0 Å². The third kappa shape index (κ3) is 1.23. The highest BCUT2D eigenvalue weighted by molar-refractivity contribution is 6.23. The van der Waals surface area contributed by atoms with E-state index in [4.69, 9.17) is 5.11 Å². The lowest BCUT2D eigenvalue weighted by Gasteiger charge is -2.16. The zero-order valence-corrected chi connectivity index (χ0v) is 7.36. The summed E-state index contributed by atoms with van der Waals surface area (Å²) in [7, 11) is 0. The van der Waals surface area contributed by atoms with Gasteiger partial charge in [0.1, 0.15) is 5.57 Å². The Labute approximate surface area is 80.7 Å². The second-order valence-electron chi connectivity index (χ2n) is 3.11. The molecule has 0 aromatic rings. The number of rotatable bonds is 1. The van der Waals surface area contributed by atoms with Crippen LogP contribution in [0.3, 0.4) is 0 Å². The highest BCUT2D eigenvalue weighted by Gasteiger charge is 2.25. The topological polar surface area (TPSA) is 54.4 Å². The van der Waals surface area contributed by atoms with Gasteiger partial charge in [-0.3, -0.25) is 4.79 Å². The summed E-state index contributed by atoms with van der Waals surface area (Å²) in [5.41, 5.74) is 1.35. The fourth-order valence-corrected chi connectivity index (χ4v) is 1.61. The van der Waals surface area contributed by atoms with Crippen molar-refractivity contribution in [3.05, 3.63) is 47.1 Å². The Bertz CT molecular complexity index is 433. The van der Waals surface area contributed by atoms with Gasteiger partial charge < -0.3 is 5.11 Å². The van der Waals surface area contributed by atoms with Crippen molar-refractivity contribution in [3.8, 4) is 0 Å². The molecule has 0 aliphatic heterocycles. The molecule has 0 bridgehead atoms. The van der Waals surface area contributed by atoms with Crippen molar-refractivity contribution in [3.63, 3.8) is 0 Å². The summed E-state index contributed by atoms with van der Waals surface area (Å²) in [5.74, 6) is -1.56. The molecule has 0 fully saturated rings. The number of carbonyl (C=O) groups excluding carboxylic acids is 1. The third-order valence-corrected chi connectivity index (χ3v) is 2.26. The van der Waals surface area contributed by atoms with Crippen LogP contribution in [0.25, 0.3) is 0 Å². The number of hydrogen-bond donors (Lipinski definition) is 1. The van der Waals surface area contributed by atoms with Crippen LogP contribution < -0.4 is 0 Å². The summed E-state index contributed by atoms with van der Waals surface area (Å²) in [6.45, 7) is 0. The van der Waals surface area contributed by atoms with E-state index in [-0.39, 0.29) is 5.57 Å². The van der Waals surface area contributed by atoms with Crippen LogP contribution >= 0.6 is 0 Å². The first-order valence-corrected chi connectivity index (χ1v) is 4.26. The normalized spacial score (nSPS) is 19.4. The molecule has 0 radical (unpaired) electrons. The first-order valence-electron chi connectivity index (χ1n) is 4.26. The van der Waals surface area contributed by atoms with Crippen LogP contribution in [-0.4, -0.2) is 16.9 Å². The second kappa shape index (κ2) is 3.10. The molecule has 0 amide bonds. The molecule has 0 saturated heterocycles. The second-order valence-corrected chi connectivity index (χ2v) is 3.11. The minimum absolute atomic E-state index is 0.0944. The Balaban J connectivity index is 2.58. The Morgan fingerprint density at radius 3 is 2.86 bits per heavy atom. The SMILES string of the molecule is O=C(O)C1=C2CC=CC=C2C=CC1=O. The maximum Gasteiger partial charge on any atom is 0.340 e. The number of carbonyl (C=O) groups is 2. The van der Waals surface area contributed by atoms with Gasteiger partial charge in [-0.15, -0.1) is 0 Å². The minimum atomic E-state index is -1.14. The molecule has 0 aromatic heterocycles. The summed E-state index contributed by atoms with van der Waals surface area (Å²) in [6, 6.07) is 0. The molecule has 2 rings (SSSR count). The predicted octanol–water partition coefficient (Wildman–Crippen LogP) is 1.39. The van der Waals surface area contributed by atoms with E-state index in [0.29, 0.717) is 12.0 Å². The molecule has 0 spiro atoms. The highest BCUT2D eigenvalue weighted by Crippen LogP contribution is 2.28. The van der Waals surface area contributed by atoms with Gasteiger partial charge in [-0.25, -0.2) is 4.79 Å². The van der Waals surface area contributed by atoms with E-state index in [9.17, 15) is 9.59 Å². The van der Waals surface area contributed by atoms with Gasteiger partial charge in [-0.05, 0) is 23.6 Å². The van der Waals surface area contributed by atoms with Crippen LogP contribution in [0.2, 0.25) is 0 Å². The van der Waals surface area contributed by atoms with E-state index in [0.717, 1.165) is 5.57 Å². The molecule has 2 aliphatic rings. The van der Waals surface area contributed by atoms with Crippen molar-refractivity contribution in [2.75, 3.05) is 0 Å². The molecule has 0 aromatic carbocycles. The Kier molecular flexibility index (Phi) is 1.93. The van der Waals surface area contributed by atoms with E-state index in [1.807, 2.05) is 18.2 Å². The molecule has 0 unspecified atom stereocenters. The van der Waals surface area contributed by atoms with Gasteiger partial charge in [0.25, 0.3) is 0 Å². The van der Waals surface area contributed by atoms with E-state index in [2.05, 4.69) is 0 Å². The lowest BCUT2D eigenvalue weighted by molar-refractivity contribution is -0.134. The predicted molar refractivity (Wildman–Crippen MR) is 50.6 cm³/mol. The van der Waals surface area contributed by atoms with Gasteiger partial charge >= 0.3 is 5.97 Å². The van der Waals surface area contributed by atoms with Crippen molar-refractivity contribution in [2.45, 2.75) is 6.42 Å². The number of carboxylic acids is 1. The zero-order valence-electron chi connectivity index (χ0n) is 7.36. The van der Waals surface area contributed by atoms with Crippen LogP contribution in [0.5, 0.6) is 0 Å². The van der Waals surface area contributed by atoms with Crippen LogP contribution in [-0.2, 0) is 9.59 Å². The first kappa shape index (κ1) is 8.69. The average Bonchev–Trinajstić information content (AvgIpc) is 2.17. The summed E-state index contributed by atoms with van der Waals surface area (Å²) in [4.78, 5) is 22.2. The van der Waals surface area contributed by atoms with Crippen LogP contribution in [0.1, 0.15) is 6.42 Å². The first-order chi connectivity index (χ1) is 6.70. The summed E-state index contributed by atoms with van der Waals surface area (Å²) < 4.78 is 0. The monoisotopic (exact) mass is 188 g/mol. The van der Waals surface area contributed by atoms with Gasteiger partial charge in [0.2, 0.25) is 0 Å². The largest absolute Gasteiger partial charge is 0.478 e. The van der Waals surface area contributed by atoms with Gasteiger partial charge in [0.05, 0.1) is 0 Å². The number of allylic oxidation sites excluding steroid dienone is 7. The Hall–Kier alpha value is -1.90. The highest BCUT2D eigenvalue weighted by atomic mass is 16.4. The standard InChI is InChI=1S/C11H8O3/c12-9-6-5-7-3-1-2-4-8(7)10(9)11(13)14/h1-3,5-6H,4H2,(H,13,14). The van der Waals surface area contributed by atoms with E-state index in [1.165, 1.54) is 6.08 Å². The number of hydrogen-bond acceptors (Lipinski definition) is 2. The van der Waals surface area contributed by atoms with E-state index >= 15 is 0 Å². The number of carboxylic acid groups (broad SMARTS) is 1. The summed E-state index contributed by atoms with van der Waals surface area (Å²) in [5, 5.41) is 8.88. The summed E-state index contributed by atoms with van der Waals surface area (Å²) >= 11 is 0. The van der Waals surface area contributed by atoms with Gasteiger partial charge in [0, 0.05) is 0 Å². The van der Waals surface area contributed by atoms with Crippen LogP contribution in [0, 0.1) is 0 Å². The van der Waals surface area contributed by atoms with Crippen molar-refractivity contribution in [1.82, 2.24) is 0 Å². The number of fused-ring (bicyclic) bond motifs is 1. The van der Waals surface area contributed by atoms with Gasteiger partial charge in [-0.1, -0.05) is 24.3 Å². The molecule has 0 heterocycles. The maximum atomic E-state index is 11.3. The Morgan fingerprint density at radius 2 is 2.14 bits per heavy atom. The zero-order chi connectivity index (χ0) is 10.1. The third-order valence-electron chi connectivity index (χ3n) is 2.26. The lowest BCUT2D eigenvalue weighted by atomic mass is 9.87. The Morgan fingerprint density at radius 1 is 1.36 bits per heavy atom. The average molecular weight is 188 g/mol.